The molecule has 2 aromatic carbocycles. The largest absolute Gasteiger partial charge is 0.507 e. The molecule has 0 heterocycles. The molecule has 0 saturated carbocycles. The summed E-state index contributed by atoms with van der Waals surface area (Å²) in [5, 5.41) is 11.2. The van der Waals surface area contributed by atoms with E-state index in [1.54, 1.807) is 30.3 Å². The Morgan fingerprint density at radius 2 is 1.90 bits per heavy atom. The van der Waals surface area contributed by atoms with Crippen molar-refractivity contribution in [1.82, 2.24) is 0 Å². The standard InChI is InChI=1S/C17H15Cl2NO/c1-2-3-10-20-17(13-6-4-5-7-15(13)19)14-11-12(18)8-9-16(14)21/h2,4-9,11,21H,1,3,10H2. The van der Waals surface area contributed by atoms with E-state index in [2.05, 4.69) is 11.6 Å². The van der Waals surface area contributed by atoms with Crippen LogP contribution in [0.1, 0.15) is 17.5 Å². The fourth-order valence-corrected chi connectivity index (χ4v) is 2.33. The van der Waals surface area contributed by atoms with E-state index in [1.165, 1.54) is 0 Å². The molecule has 2 rings (SSSR count). The maximum absolute atomic E-state index is 10.1. The summed E-state index contributed by atoms with van der Waals surface area (Å²) in [6.45, 7) is 4.25. The summed E-state index contributed by atoms with van der Waals surface area (Å²) in [4.78, 5) is 4.56. The van der Waals surface area contributed by atoms with E-state index in [1.807, 2.05) is 18.2 Å². The zero-order valence-corrected chi connectivity index (χ0v) is 12.9. The molecule has 0 fully saturated rings. The molecule has 0 aliphatic carbocycles. The minimum Gasteiger partial charge on any atom is -0.507 e. The van der Waals surface area contributed by atoms with Crippen molar-refractivity contribution < 1.29 is 5.11 Å². The molecule has 0 amide bonds. The second-order valence-corrected chi connectivity index (χ2v) is 5.29. The monoisotopic (exact) mass is 319 g/mol. The van der Waals surface area contributed by atoms with Crippen molar-refractivity contribution in [2.45, 2.75) is 6.42 Å². The van der Waals surface area contributed by atoms with Gasteiger partial charge in [0.05, 0.1) is 5.71 Å². The molecule has 0 aromatic heterocycles. The number of phenols is 1. The number of benzene rings is 2. The molecule has 0 aliphatic heterocycles. The van der Waals surface area contributed by atoms with Crippen LogP contribution in [0.15, 0.2) is 60.1 Å². The number of rotatable bonds is 5. The zero-order chi connectivity index (χ0) is 15.2. The number of nitrogens with zero attached hydrogens (tertiary/aromatic N) is 1. The molecule has 2 aromatic rings. The molecule has 0 spiro atoms. The van der Waals surface area contributed by atoms with Gasteiger partial charge in [-0.1, -0.05) is 47.5 Å². The third-order valence-electron chi connectivity index (χ3n) is 2.95. The van der Waals surface area contributed by atoms with Crippen LogP contribution in [0, 0.1) is 0 Å². The lowest BCUT2D eigenvalue weighted by Gasteiger charge is -2.11. The first-order valence-electron chi connectivity index (χ1n) is 6.52. The lowest BCUT2D eigenvalue weighted by Crippen LogP contribution is -2.06. The molecule has 0 unspecified atom stereocenters. The van der Waals surface area contributed by atoms with E-state index in [9.17, 15) is 5.11 Å². The van der Waals surface area contributed by atoms with E-state index < -0.39 is 0 Å². The quantitative estimate of drug-likeness (QED) is 0.463. The number of aromatic hydroxyl groups is 1. The Bertz CT molecular complexity index is 680. The molecule has 0 saturated heterocycles. The molecular formula is C17H15Cl2NO. The van der Waals surface area contributed by atoms with Crippen molar-refractivity contribution in [2.24, 2.45) is 4.99 Å². The normalized spacial score (nSPS) is 11.4. The third kappa shape index (κ3) is 3.87. The van der Waals surface area contributed by atoms with Gasteiger partial charge in [-0.25, -0.2) is 0 Å². The van der Waals surface area contributed by atoms with E-state index >= 15 is 0 Å². The van der Waals surface area contributed by atoms with E-state index in [0.29, 0.717) is 27.9 Å². The topological polar surface area (TPSA) is 32.6 Å². The van der Waals surface area contributed by atoms with Crippen LogP contribution < -0.4 is 0 Å². The van der Waals surface area contributed by atoms with Crippen LogP contribution in [0.5, 0.6) is 5.75 Å². The minimum absolute atomic E-state index is 0.122. The average Bonchev–Trinajstić information content (AvgIpc) is 2.48. The third-order valence-corrected chi connectivity index (χ3v) is 3.51. The molecule has 0 aliphatic rings. The number of halogens is 2. The van der Waals surface area contributed by atoms with Crippen LogP contribution in [-0.2, 0) is 0 Å². The highest BCUT2D eigenvalue weighted by Gasteiger charge is 2.14. The van der Waals surface area contributed by atoms with E-state index in [-0.39, 0.29) is 5.75 Å². The van der Waals surface area contributed by atoms with Crippen molar-refractivity contribution in [2.75, 3.05) is 6.54 Å². The highest BCUT2D eigenvalue weighted by atomic mass is 35.5. The Kier molecular flexibility index (Phi) is 5.43. The van der Waals surface area contributed by atoms with Crippen molar-refractivity contribution in [3.05, 3.63) is 76.3 Å². The molecular weight excluding hydrogens is 305 g/mol. The molecule has 4 heteroatoms. The predicted octanol–water partition coefficient (Wildman–Crippen LogP) is 5.11. The number of aliphatic imine (C=N–C) groups is 1. The smallest absolute Gasteiger partial charge is 0.125 e. The van der Waals surface area contributed by atoms with Gasteiger partial charge < -0.3 is 5.11 Å². The fourth-order valence-electron chi connectivity index (χ4n) is 1.93. The maximum atomic E-state index is 10.1. The van der Waals surface area contributed by atoms with Crippen LogP contribution in [0.2, 0.25) is 10.0 Å². The second-order valence-electron chi connectivity index (χ2n) is 4.45. The van der Waals surface area contributed by atoms with Crippen LogP contribution in [0.4, 0.5) is 0 Å². The van der Waals surface area contributed by atoms with Crippen molar-refractivity contribution in [1.29, 1.82) is 0 Å². The number of hydrogen-bond donors (Lipinski definition) is 1. The van der Waals surface area contributed by atoms with Gasteiger partial charge in [0.1, 0.15) is 5.75 Å². The summed E-state index contributed by atoms with van der Waals surface area (Å²) in [6.07, 6.45) is 2.54. The SMILES string of the molecule is C=CCCN=C(c1cc(Cl)ccc1O)c1ccccc1Cl. The first kappa shape index (κ1) is 15.6. The Balaban J connectivity index is 2.56. The van der Waals surface area contributed by atoms with Gasteiger partial charge >= 0.3 is 0 Å². The van der Waals surface area contributed by atoms with Gasteiger partial charge in [-0.05, 0) is 30.7 Å². The van der Waals surface area contributed by atoms with Crippen LogP contribution in [0.3, 0.4) is 0 Å². The van der Waals surface area contributed by atoms with E-state index in [4.69, 9.17) is 23.2 Å². The van der Waals surface area contributed by atoms with E-state index in [0.717, 1.165) is 12.0 Å². The molecule has 0 radical (unpaired) electrons. The molecule has 1 N–H and O–H groups in total. The van der Waals surface area contributed by atoms with Crippen molar-refractivity contribution >= 4 is 28.9 Å². The van der Waals surface area contributed by atoms with Crippen LogP contribution in [0.25, 0.3) is 0 Å². The predicted molar refractivity (Wildman–Crippen MR) is 89.9 cm³/mol. The summed E-state index contributed by atoms with van der Waals surface area (Å²) in [6, 6.07) is 12.3. The first-order chi connectivity index (χ1) is 10.1. The Morgan fingerprint density at radius 1 is 1.14 bits per heavy atom. The summed E-state index contributed by atoms with van der Waals surface area (Å²) in [5.41, 5.74) is 1.96. The van der Waals surface area contributed by atoms with Gasteiger partial charge in [-0.15, -0.1) is 6.58 Å². The van der Waals surface area contributed by atoms with Gasteiger partial charge in [-0.3, -0.25) is 4.99 Å². The van der Waals surface area contributed by atoms with Gasteiger partial charge in [0.15, 0.2) is 0 Å². The average molecular weight is 320 g/mol. The summed E-state index contributed by atoms with van der Waals surface area (Å²) in [7, 11) is 0. The van der Waals surface area contributed by atoms with Crippen molar-refractivity contribution in [3.63, 3.8) is 0 Å². The fraction of sp³-hybridized carbons (Fsp3) is 0.118. The van der Waals surface area contributed by atoms with Gasteiger partial charge in [-0.2, -0.15) is 0 Å². The summed E-state index contributed by atoms with van der Waals surface area (Å²) in [5.74, 6) is 0.122. The second kappa shape index (κ2) is 7.30. The van der Waals surface area contributed by atoms with Gasteiger partial charge in [0.25, 0.3) is 0 Å². The molecule has 2 nitrogen and oxygen atoms in total. The number of hydrogen-bond acceptors (Lipinski definition) is 2. The Morgan fingerprint density at radius 3 is 2.62 bits per heavy atom. The zero-order valence-electron chi connectivity index (χ0n) is 11.4. The van der Waals surface area contributed by atoms with Crippen LogP contribution >= 0.6 is 23.2 Å². The van der Waals surface area contributed by atoms with Gasteiger partial charge in [0, 0.05) is 27.7 Å². The molecule has 0 bridgehead atoms. The summed E-state index contributed by atoms with van der Waals surface area (Å²) < 4.78 is 0. The minimum atomic E-state index is 0.122. The Labute approximate surface area is 134 Å². The lowest BCUT2D eigenvalue weighted by atomic mass is 10.0. The van der Waals surface area contributed by atoms with Crippen LogP contribution in [-0.4, -0.2) is 17.4 Å². The molecule has 0 atom stereocenters. The van der Waals surface area contributed by atoms with Crippen molar-refractivity contribution in [3.8, 4) is 5.75 Å². The number of phenolic OH excluding ortho intramolecular Hbond substituents is 1. The van der Waals surface area contributed by atoms with Gasteiger partial charge in [0.2, 0.25) is 0 Å². The molecule has 21 heavy (non-hydrogen) atoms. The maximum Gasteiger partial charge on any atom is 0.125 e. The summed E-state index contributed by atoms with van der Waals surface area (Å²) >= 11 is 12.3. The lowest BCUT2D eigenvalue weighted by molar-refractivity contribution is 0.474. The molecule has 108 valence electrons. The highest BCUT2D eigenvalue weighted by Crippen LogP contribution is 2.27. The highest BCUT2D eigenvalue weighted by molar-refractivity contribution is 6.36. The Hall–Kier alpha value is -1.77. The first-order valence-corrected chi connectivity index (χ1v) is 7.28.